The third-order valence-electron chi connectivity index (χ3n) is 5.37. The second-order valence-corrected chi connectivity index (χ2v) is 7.22. The summed E-state index contributed by atoms with van der Waals surface area (Å²) in [6.45, 7) is 2.13. The third kappa shape index (κ3) is 2.15. The van der Waals surface area contributed by atoms with Crippen molar-refractivity contribution in [3.63, 3.8) is 0 Å². The van der Waals surface area contributed by atoms with Crippen molar-refractivity contribution in [3.8, 4) is 5.75 Å². The first-order valence-corrected chi connectivity index (χ1v) is 8.57. The average molecular weight is 333 g/mol. The summed E-state index contributed by atoms with van der Waals surface area (Å²) < 4.78 is 7.71. The van der Waals surface area contributed by atoms with Gasteiger partial charge in [-0.3, -0.25) is 9.48 Å². The number of ether oxygens (including phenoxy) is 1. The van der Waals surface area contributed by atoms with Crippen molar-refractivity contribution in [2.24, 2.45) is 12.5 Å². The summed E-state index contributed by atoms with van der Waals surface area (Å²) in [5.74, 6) is 0.995. The van der Waals surface area contributed by atoms with E-state index in [1.54, 1.807) is 4.68 Å². The number of carbonyl (C=O) groups excluding carboxylic acids is 1. The number of likely N-dealkylation sites (tertiary alicyclic amines) is 1. The molecule has 0 bridgehead atoms. The van der Waals surface area contributed by atoms with Gasteiger partial charge >= 0.3 is 0 Å². The molecule has 0 radical (unpaired) electrons. The SMILES string of the molecule is Cn1nc(C(=O)N2CC3(COc4ccccc4C3)C2)c2ccccc21. The molecule has 0 atom stereocenters. The van der Waals surface area contributed by atoms with E-state index in [9.17, 15) is 4.79 Å². The minimum atomic E-state index is 0.0151. The van der Waals surface area contributed by atoms with Crippen LogP contribution < -0.4 is 4.74 Å². The van der Waals surface area contributed by atoms with Crippen LogP contribution in [0.2, 0.25) is 0 Å². The number of aryl methyl sites for hydroxylation is 1. The minimum Gasteiger partial charge on any atom is -0.493 e. The van der Waals surface area contributed by atoms with Gasteiger partial charge in [-0.2, -0.15) is 5.10 Å². The fraction of sp³-hybridized carbons (Fsp3) is 0.300. The first-order chi connectivity index (χ1) is 12.2. The summed E-state index contributed by atoms with van der Waals surface area (Å²) in [6.07, 6.45) is 0.968. The lowest BCUT2D eigenvalue weighted by Gasteiger charge is -2.51. The Bertz CT molecular complexity index is 986. The van der Waals surface area contributed by atoms with E-state index in [1.807, 2.05) is 54.4 Å². The molecule has 3 heterocycles. The Hall–Kier alpha value is -2.82. The van der Waals surface area contributed by atoms with Gasteiger partial charge in [0, 0.05) is 30.9 Å². The fourth-order valence-corrected chi connectivity index (χ4v) is 4.11. The molecule has 1 saturated heterocycles. The number of rotatable bonds is 1. The van der Waals surface area contributed by atoms with Gasteiger partial charge < -0.3 is 9.64 Å². The lowest BCUT2D eigenvalue weighted by Crippen LogP contribution is -2.62. The van der Waals surface area contributed by atoms with Gasteiger partial charge in [0.05, 0.1) is 12.1 Å². The number of para-hydroxylation sites is 2. The molecule has 0 unspecified atom stereocenters. The number of nitrogens with zero attached hydrogens (tertiary/aromatic N) is 3. The zero-order chi connectivity index (χ0) is 17.0. The predicted octanol–water partition coefficient (Wildman–Crippen LogP) is 2.65. The maximum Gasteiger partial charge on any atom is 0.275 e. The van der Waals surface area contributed by atoms with Gasteiger partial charge in [0.25, 0.3) is 5.91 Å². The summed E-state index contributed by atoms with van der Waals surface area (Å²) in [5, 5.41) is 5.37. The smallest absolute Gasteiger partial charge is 0.275 e. The second-order valence-electron chi connectivity index (χ2n) is 7.22. The summed E-state index contributed by atoms with van der Waals surface area (Å²) in [7, 11) is 1.88. The van der Waals surface area contributed by atoms with E-state index >= 15 is 0 Å². The lowest BCUT2D eigenvalue weighted by molar-refractivity contribution is -0.0293. The number of aromatic nitrogens is 2. The van der Waals surface area contributed by atoms with E-state index in [-0.39, 0.29) is 11.3 Å². The minimum absolute atomic E-state index is 0.0151. The van der Waals surface area contributed by atoms with Crippen molar-refractivity contribution in [1.29, 1.82) is 0 Å². The molecule has 2 aliphatic rings. The standard InChI is InChI=1S/C20H19N3O2/c1-22-16-8-4-3-7-15(16)18(21-22)19(24)23-11-20(12-23)10-14-6-2-5-9-17(14)25-13-20/h2-9H,10-13H2,1H3. The highest BCUT2D eigenvalue weighted by molar-refractivity contribution is 6.05. The van der Waals surface area contributed by atoms with Gasteiger partial charge in [0.2, 0.25) is 0 Å². The summed E-state index contributed by atoms with van der Waals surface area (Å²) >= 11 is 0. The molecular formula is C20H19N3O2. The highest BCUT2D eigenvalue weighted by atomic mass is 16.5. The molecule has 5 nitrogen and oxygen atoms in total. The Morgan fingerprint density at radius 1 is 1.12 bits per heavy atom. The van der Waals surface area contributed by atoms with Crippen molar-refractivity contribution in [1.82, 2.24) is 14.7 Å². The van der Waals surface area contributed by atoms with Gasteiger partial charge in [-0.25, -0.2) is 0 Å². The van der Waals surface area contributed by atoms with Crippen molar-refractivity contribution < 1.29 is 9.53 Å². The molecule has 5 heteroatoms. The summed E-state index contributed by atoms with van der Waals surface area (Å²) in [4.78, 5) is 14.8. The van der Waals surface area contributed by atoms with Crippen LogP contribution in [0.15, 0.2) is 48.5 Å². The molecule has 2 aromatic carbocycles. The Labute approximate surface area is 145 Å². The maximum atomic E-state index is 12.9. The quantitative estimate of drug-likeness (QED) is 0.688. The molecule has 25 heavy (non-hydrogen) atoms. The predicted molar refractivity (Wildman–Crippen MR) is 94.7 cm³/mol. The number of carbonyl (C=O) groups is 1. The van der Waals surface area contributed by atoms with Crippen LogP contribution in [0, 0.1) is 5.41 Å². The lowest BCUT2D eigenvalue weighted by atomic mass is 9.74. The summed E-state index contributed by atoms with van der Waals surface area (Å²) in [6, 6.07) is 16.0. The molecule has 0 N–H and O–H groups in total. The van der Waals surface area contributed by atoms with Crippen LogP contribution in [0.4, 0.5) is 0 Å². The number of benzene rings is 2. The molecule has 1 spiro atoms. The van der Waals surface area contributed by atoms with Crippen molar-refractivity contribution >= 4 is 16.8 Å². The largest absolute Gasteiger partial charge is 0.493 e. The van der Waals surface area contributed by atoms with E-state index in [2.05, 4.69) is 11.2 Å². The Morgan fingerprint density at radius 2 is 1.88 bits per heavy atom. The van der Waals surface area contributed by atoms with E-state index in [0.717, 1.165) is 36.2 Å². The van der Waals surface area contributed by atoms with E-state index in [1.165, 1.54) is 5.56 Å². The monoisotopic (exact) mass is 333 g/mol. The molecular weight excluding hydrogens is 314 g/mol. The Morgan fingerprint density at radius 3 is 2.76 bits per heavy atom. The number of amides is 1. The van der Waals surface area contributed by atoms with Crippen LogP contribution in [0.5, 0.6) is 5.75 Å². The van der Waals surface area contributed by atoms with Gasteiger partial charge in [-0.05, 0) is 24.1 Å². The number of hydrogen-bond acceptors (Lipinski definition) is 3. The third-order valence-corrected chi connectivity index (χ3v) is 5.37. The average Bonchev–Trinajstić information content (AvgIpc) is 2.96. The molecule has 1 aromatic heterocycles. The molecule has 126 valence electrons. The highest BCUT2D eigenvalue weighted by Crippen LogP contribution is 2.41. The van der Waals surface area contributed by atoms with Crippen LogP contribution >= 0.6 is 0 Å². The molecule has 0 aliphatic carbocycles. The van der Waals surface area contributed by atoms with Gasteiger partial charge in [0.15, 0.2) is 5.69 Å². The number of fused-ring (bicyclic) bond motifs is 2. The molecule has 2 aliphatic heterocycles. The van der Waals surface area contributed by atoms with Gasteiger partial charge in [0.1, 0.15) is 5.75 Å². The fourth-order valence-electron chi connectivity index (χ4n) is 4.11. The maximum absolute atomic E-state index is 12.9. The van der Waals surface area contributed by atoms with Crippen molar-refractivity contribution in [2.45, 2.75) is 6.42 Å². The van der Waals surface area contributed by atoms with Crippen LogP contribution in [-0.2, 0) is 13.5 Å². The molecule has 5 rings (SSSR count). The molecule has 1 amide bonds. The van der Waals surface area contributed by atoms with Crippen molar-refractivity contribution in [3.05, 3.63) is 59.8 Å². The van der Waals surface area contributed by atoms with Crippen LogP contribution in [0.3, 0.4) is 0 Å². The zero-order valence-corrected chi connectivity index (χ0v) is 14.1. The number of hydrogen-bond donors (Lipinski definition) is 0. The molecule has 3 aromatic rings. The molecule has 0 saturated carbocycles. The van der Waals surface area contributed by atoms with Gasteiger partial charge in [-0.1, -0.05) is 36.4 Å². The molecule has 1 fully saturated rings. The Kier molecular flexibility index (Phi) is 2.95. The first kappa shape index (κ1) is 14.5. The topological polar surface area (TPSA) is 47.4 Å². The van der Waals surface area contributed by atoms with E-state index in [4.69, 9.17) is 4.74 Å². The van der Waals surface area contributed by atoms with Crippen LogP contribution in [-0.4, -0.2) is 40.3 Å². The first-order valence-electron chi connectivity index (χ1n) is 8.57. The zero-order valence-electron chi connectivity index (χ0n) is 14.1. The van der Waals surface area contributed by atoms with E-state index < -0.39 is 0 Å². The van der Waals surface area contributed by atoms with Gasteiger partial charge in [-0.15, -0.1) is 0 Å². The Balaban J connectivity index is 1.38. The van der Waals surface area contributed by atoms with Crippen LogP contribution in [0.1, 0.15) is 16.1 Å². The van der Waals surface area contributed by atoms with Crippen molar-refractivity contribution in [2.75, 3.05) is 19.7 Å². The normalized spacial score (nSPS) is 17.9. The van der Waals surface area contributed by atoms with E-state index in [0.29, 0.717) is 12.3 Å². The summed E-state index contributed by atoms with van der Waals surface area (Å²) in [5.41, 5.74) is 2.82. The second kappa shape index (κ2) is 5.09. The highest BCUT2D eigenvalue weighted by Gasteiger charge is 2.48. The van der Waals surface area contributed by atoms with Crippen LogP contribution in [0.25, 0.3) is 10.9 Å².